The Morgan fingerprint density at radius 2 is 1.97 bits per heavy atom. The number of aromatic nitrogens is 4. The molecule has 1 aromatic carbocycles. The number of nitrogens with one attached hydrogen (secondary N) is 2. The van der Waals surface area contributed by atoms with E-state index in [9.17, 15) is 14.7 Å². The van der Waals surface area contributed by atoms with E-state index >= 15 is 0 Å². The molecule has 0 fully saturated rings. The summed E-state index contributed by atoms with van der Waals surface area (Å²) in [6, 6.07) is 9.16. The highest BCUT2D eigenvalue weighted by atomic mass is 16.5. The number of ether oxygens (including phenoxy) is 2. The Morgan fingerprint density at radius 3 is 2.68 bits per heavy atom. The van der Waals surface area contributed by atoms with Crippen LogP contribution in [0.15, 0.2) is 39.9 Å². The zero-order valence-electron chi connectivity index (χ0n) is 18.0. The molecule has 31 heavy (non-hydrogen) atoms. The average Bonchev–Trinajstić information content (AvgIpc) is 3.09. The van der Waals surface area contributed by atoms with Gasteiger partial charge in [-0.15, -0.1) is 0 Å². The van der Waals surface area contributed by atoms with Crippen molar-refractivity contribution in [3.8, 4) is 5.75 Å². The summed E-state index contributed by atoms with van der Waals surface area (Å²) < 4.78 is 14.0. The first-order valence-corrected chi connectivity index (χ1v) is 10.3. The maximum Gasteiger partial charge on any atom is 0.329 e. The second-order valence-corrected chi connectivity index (χ2v) is 7.51. The molecule has 0 aliphatic rings. The Bertz CT molecular complexity index is 1100. The zero-order valence-corrected chi connectivity index (χ0v) is 18.0. The van der Waals surface area contributed by atoms with E-state index in [4.69, 9.17) is 9.47 Å². The number of hydrogen-bond donors (Lipinski definition) is 3. The highest BCUT2D eigenvalue weighted by Gasteiger charge is 2.19. The number of aliphatic hydroxyl groups excluding tert-OH is 1. The van der Waals surface area contributed by atoms with Crippen molar-refractivity contribution >= 4 is 17.1 Å². The van der Waals surface area contributed by atoms with E-state index in [-0.39, 0.29) is 30.4 Å². The fraction of sp³-hybridized carbons (Fsp3) is 0.476. The lowest BCUT2D eigenvalue weighted by atomic mass is 10.3. The Kier molecular flexibility index (Phi) is 7.48. The second kappa shape index (κ2) is 10.3. The number of hydrogen-bond acceptors (Lipinski definition) is 7. The molecule has 0 amide bonds. The number of H-pyrrole nitrogens is 1. The molecule has 0 radical (unpaired) electrons. The first-order valence-electron chi connectivity index (χ1n) is 10.3. The summed E-state index contributed by atoms with van der Waals surface area (Å²) in [6.07, 6.45) is -0.0208. The van der Waals surface area contributed by atoms with Crippen molar-refractivity contribution in [1.29, 1.82) is 0 Å². The largest absolute Gasteiger partial charge is 0.491 e. The van der Waals surface area contributed by atoms with Crippen molar-refractivity contribution < 1.29 is 14.6 Å². The van der Waals surface area contributed by atoms with Gasteiger partial charge in [-0.1, -0.05) is 18.2 Å². The quantitative estimate of drug-likeness (QED) is 0.388. The van der Waals surface area contributed by atoms with Gasteiger partial charge in [0.05, 0.1) is 12.6 Å². The standard InChI is InChI=1S/C21H29N5O5/c1-14(2)30-11-7-10-22-20-23-18-17(19(28)24-21(29)25(18)3)26(20)12-15(27)13-31-16-8-5-4-6-9-16/h4-6,8-9,14-15,27H,7,10-13H2,1-3H3,(H,22,23)(H,24,28,29). The van der Waals surface area contributed by atoms with Crippen molar-refractivity contribution in [2.75, 3.05) is 25.1 Å². The monoisotopic (exact) mass is 431 g/mol. The molecule has 1 atom stereocenters. The Labute approximate surface area is 179 Å². The van der Waals surface area contributed by atoms with Crippen LogP contribution >= 0.6 is 0 Å². The highest BCUT2D eigenvalue weighted by Crippen LogP contribution is 2.17. The van der Waals surface area contributed by atoms with Crippen LogP contribution in [-0.2, 0) is 18.3 Å². The van der Waals surface area contributed by atoms with E-state index in [0.29, 0.717) is 24.8 Å². The molecule has 10 nitrogen and oxygen atoms in total. The van der Waals surface area contributed by atoms with Gasteiger partial charge in [-0.25, -0.2) is 4.79 Å². The summed E-state index contributed by atoms with van der Waals surface area (Å²) in [6.45, 7) is 5.18. The molecule has 3 N–H and O–H groups in total. The molecule has 0 saturated heterocycles. The summed E-state index contributed by atoms with van der Waals surface area (Å²) in [7, 11) is 1.53. The molecular formula is C21H29N5O5. The average molecular weight is 431 g/mol. The first-order chi connectivity index (χ1) is 14.9. The van der Waals surface area contributed by atoms with Gasteiger partial charge < -0.3 is 24.5 Å². The van der Waals surface area contributed by atoms with Crippen LogP contribution in [0.1, 0.15) is 20.3 Å². The smallest absolute Gasteiger partial charge is 0.329 e. The number of anilines is 1. The predicted molar refractivity (Wildman–Crippen MR) is 118 cm³/mol. The highest BCUT2D eigenvalue weighted by molar-refractivity contribution is 5.74. The topological polar surface area (TPSA) is 123 Å². The molecule has 1 unspecified atom stereocenters. The number of aromatic amines is 1. The van der Waals surface area contributed by atoms with Crippen molar-refractivity contribution in [2.45, 2.75) is 39.0 Å². The SMILES string of the molecule is CC(C)OCCCNc1nc2c(c(=O)[nH]c(=O)n2C)n1CC(O)COc1ccccc1. The van der Waals surface area contributed by atoms with Crippen molar-refractivity contribution in [3.05, 3.63) is 51.2 Å². The van der Waals surface area contributed by atoms with Crippen molar-refractivity contribution in [1.82, 2.24) is 19.1 Å². The lowest BCUT2D eigenvalue weighted by Gasteiger charge is -2.16. The maximum atomic E-state index is 12.5. The van der Waals surface area contributed by atoms with Crippen molar-refractivity contribution in [3.63, 3.8) is 0 Å². The molecule has 2 aromatic heterocycles. The minimum absolute atomic E-state index is 0.0367. The van der Waals surface area contributed by atoms with Gasteiger partial charge in [-0.3, -0.25) is 14.3 Å². The third-order valence-corrected chi connectivity index (χ3v) is 4.64. The molecule has 0 aliphatic carbocycles. The summed E-state index contributed by atoms with van der Waals surface area (Å²) in [4.78, 5) is 31.2. The van der Waals surface area contributed by atoms with Gasteiger partial charge in [-0.05, 0) is 32.4 Å². The summed E-state index contributed by atoms with van der Waals surface area (Å²) in [5, 5.41) is 13.7. The van der Waals surface area contributed by atoms with Crippen LogP contribution in [-0.4, -0.2) is 56.2 Å². The molecule has 168 valence electrons. The summed E-state index contributed by atoms with van der Waals surface area (Å²) >= 11 is 0. The Morgan fingerprint density at radius 1 is 1.23 bits per heavy atom. The van der Waals surface area contributed by atoms with Crippen LogP contribution in [0.25, 0.3) is 11.2 Å². The van der Waals surface area contributed by atoms with E-state index in [2.05, 4.69) is 15.3 Å². The molecular weight excluding hydrogens is 402 g/mol. The van der Waals surface area contributed by atoms with E-state index in [1.807, 2.05) is 32.0 Å². The first kappa shape index (κ1) is 22.6. The third-order valence-electron chi connectivity index (χ3n) is 4.64. The Balaban J connectivity index is 1.80. The van der Waals surface area contributed by atoms with Gasteiger partial charge >= 0.3 is 5.69 Å². The number of aryl methyl sites for hydroxylation is 1. The van der Waals surface area contributed by atoms with Crippen LogP contribution in [0.3, 0.4) is 0 Å². The van der Waals surface area contributed by atoms with Crippen molar-refractivity contribution in [2.24, 2.45) is 7.05 Å². The van der Waals surface area contributed by atoms with E-state index < -0.39 is 17.4 Å². The fourth-order valence-electron chi connectivity index (χ4n) is 3.11. The lowest BCUT2D eigenvalue weighted by Crippen LogP contribution is -2.31. The van der Waals surface area contributed by atoms with Gasteiger partial charge in [0.25, 0.3) is 5.56 Å². The maximum absolute atomic E-state index is 12.5. The number of benzene rings is 1. The Hall–Kier alpha value is -3.11. The summed E-state index contributed by atoms with van der Waals surface area (Å²) in [5.74, 6) is 1.03. The van der Waals surface area contributed by atoms with Gasteiger partial charge in [0.2, 0.25) is 5.95 Å². The fourth-order valence-corrected chi connectivity index (χ4v) is 3.11. The minimum Gasteiger partial charge on any atom is -0.491 e. The van der Waals surface area contributed by atoms with Crippen LogP contribution in [0.4, 0.5) is 5.95 Å². The van der Waals surface area contributed by atoms with Gasteiger partial charge in [-0.2, -0.15) is 4.98 Å². The molecule has 0 saturated carbocycles. The van der Waals surface area contributed by atoms with Gasteiger partial charge in [0.15, 0.2) is 11.2 Å². The second-order valence-electron chi connectivity index (χ2n) is 7.51. The molecule has 0 spiro atoms. The minimum atomic E-state index is -0.904. The molecule has 3 aromatic rings. The number of rotatable bonds is 11. The number of imidazole rings is 1. The third kappa shape index (κ3) is 5.74. The zero-order chi connectivity index (χ0) is 22.4. The number of para-hydroxylation sites is 1. The van der Waals surface area contributed by atoms with Gasteiger partial charge in [0, 0.05) is 20.2 Å². The normalized spacial score (nSPS) is 12.4. The van der Waals surface area contributed by atoms with Crippen LogP contribution in [0, 0.1) is 0 Å². The summed E-state index contributed by atoms with van der Waals surface area (Å²) in [5.41, 5.74) is -0.655. The molecule has 0 bridgehead atoms. The lowest BCUT2D eigenvalue weighted by molar-refractivity contribution is 0.0786. The van der Waals surface area contributed by atoms with Crippen LogP contribution in [0.5, 0.6) is 5.75 Å². The van der Waals surface area contributed by atoms with E-state index in [0.717, 1.165) is 6.42 Å². The number of fused-ring (bicyclic) bond motifs is 1. The molecule has 10 heteroatoms. The molecule has 2 heterocycles. The van der Waals surface area contributed by atoms with E-state index in [1.54, 1.807) is 16.7 Å². The van der Waals surface area contributed by atoms with Gasteiger partial charge in [0.1, 0.15) is 18.5 Å². The van der Waals surface area contributed by atoms with Crippen LogP contribution < -0.4 is 21.3 Å². The predicted octanol–water partition coefficient (Wildman–Crippen LogP) is 1.09. The molecule has 0 aliphatic heterocycles. The van der Waals surface area contributed by atoms with E-state index in [1.165, 1.54) is 11.6 Å². The number of nitrogens with zero attached hydrogens (tertiary/aromatic N) is 3. The molecule has 3 rings (SSSR count). The van der Waals surface area contributed by atoms with Crippen LogP contribution in [0.2, 0.25) is 0 Å². The number of aliphatic hydroxyl groups is 1.